The van der Waals surface area contributed by atoms with Crippen molar-refractivity contribution in [2.75, 3.05) is 5.73 Å². The molecule has 3 aromatic carbocycles. The van der Waals surface area contributed by atoms with Crippen LogP contribution in [0.3, 0.4) is 0 Å². The van der Waals surface area contributed by atoms with E-state index in [2.05, 4.69) is 14.8 Å². The quantitative estimate of drug-likeness (QED) is 0.329. The molecule has 0 fully saturated rings. The van der Waals surface area contributed by atoms with E-state index in [1.54, 1.807) is 16.9 Å². The minimum Gasteiger partial charge on any atom is -0.457 e. The first kappa shape index (κ1) is 21.3. The molecule has 2 N–H and O–H groups in total. The van der Waals surface area contributed by atoms with Crippen molar-refractivity contribution in [3.05, 3.63) is 91.1 Å². The summed E-state index contributed by atoms with van der Waals surface area (Å²) in [5.74, 6) is 1.36. The van der Waals surface area contributed by atoms with Crippen molar-refractivity contribution in [3.8, 4) is 34.2 Å². The molecule has 2 aromatic heterocycles. The summed E-state index contributed by atoms with van der Waals surface area (Å²) in [4.78, 5) is 4.45. The summed E-state index contributed by atoms with van der Waals surface area (Å²) in [6.45, 7) is 0. The molecule has 0 saturated carbocycles. The van der Waals surface area contributed by atoms with Crippen LogP contribution in [0.4, 0.5) is 19.0 Å². The number of alkyl halides is 3. The third kappa shape index (κ3) is 4.36. The fourth-order valence-electron chi connectivity index (χ4n) is 3.58. The first-order chi connectivity index (χ1) is 16.4. The number of fused-ring (bicyclic) bond motifs is 1. The SMILES string of the molecule is Nc1nn(-c2ccc(Oc3ccccc3)cc2)c2c(-c3ccc(OC(F)(F)F)cc3)nccc12. The van der Waals surface area contributed by atoms with Crippen LogP contribution in [-0.4, -0.2) is 21.1 Å². The third-order valence-electron chi connectivity index (χ3n) is 5.04. The van der Waals surface area contributed by atoms with Crippen LogP contribution in [-0.2, 0) is 0 Å². The van der Waals surface area contributed by atoms with Crippen molar-refractivity contribution in [2.24, 2.45) is 0 Å². The lowest BCUT2D eigenvalue weighted by molar-refractivity contribution is -0.274. The number of nitrogens with two attached hydrogens (primary N) is 1. The van der Waals surface area contributed by atoms with E-state index in [-0.39, 0.29) is 5.75 Å². The van der Waals surface area contributed by atoms with Gasteiger partial charge >= 0.3 is 6.36 Å². The van der Waals surface area contributed by atoms with Crippen molar-refractivity contribution in [1.29, 1.82) is 0 Å². The van der Waals surface area contributed by atoms with Crippen LogP contribution >= 0.6 is 0 Å². The number of para-hydroxylation sites is 1. The van der Waals surface area contributed by atoms with E-state index in [1.807, 2.05) is 54.6 Å². The van der Waals surface area contributed by atoms with Gasteiger partial charge in [0.25, 0.3) is 0 Å². The minimum absolute atomic E-state index is 0.306. The van der Waals surface area contributed by atoms with Crippen LogP contribution in [0.1, 0.15) is 0 Å². The molecule has 0 saturated heterocycles. The Morgan fingerprint density at radius 3 is 2.09 bits per heavy atom. The number of nitrogen functional groups attached to an aromatic ring is 1. The smallest absolute Gasteiger partial charge is 0.457 e. The van der Waals surface area contributed by atoms with Crippen molar-refractivity contribution in [2.45, 2.75) is 6.36 Å². The number of halogens is 3. The maximum atomic E-state index is 12.5. The van der Waals surface area contributed by atoms with Crippen LogP contribution in [0.15, 0.2) is 91.1 Å². The fourth-order valence-corrected chi connectivity index (χ4v) is 3.58. The average Bonchev–Trinajstić information content (AvgIpc) is 3.17. The van der Waals surface area contributed by atoms with E-state index in [0.29, 0.717) is 45.2 Å². The Kier molecular flexibility index (Phi) is 5.29. The molecule has 9 heteroatoms. The van der Waals surface area contributed by atoms with E-state index < -0.39 is 6.36 Å². The van der Waals surface area contributed by atoms with Crippen molar-refractivity contribution < 1.29 is 22.6 Å². The molecule has 2 heterocycles. The highest BCUT2D eigenvalue weighted by molar-refractivity contribution is 5.98. The summed E-state index contributed by atoms with van der Waals surface area (Å²) in [6, 6.07) is 23.9. The Bertz CT molecular complexity index is 1430. The molecule has 0 unspecified atom stereocenters. The van der Waals surface area contributed by atoms with Gasteiger partial charge in [0.15, 0.2) is 5.82 Å². The zero-order chi connectivity index (χ0) is 23.7. The third-order valence-corrected chi connectivity index (χ3v) is 5.04. The molecule has 0 aliphatic rings. The predicted molar refractivity (Wildman–Crippen MR) is 122 cm³/mol. The van der Waals surface area contributed by atoms with Gasteiger partial charge in [0, 0.05) is 17.1 Å². The van der Waals surface area contributed by atoms with Gasteiger partial charge in [-0.05, 0) is 66.7 Å². The van der Waals surface area contributed by atoms with Gasteiger partial charge in [-0.25, -0.2) is 4.68 Å². The van der Waals surface area contributed by atoms with Gasteiger partial charge < -0.3 is 15.2 Å². The lowest BCUT2D eigenvalue weighted by Gasteiger charge is -2.11. The first-order valence-corrected chi connectivity index (χ1v) is 10.2. The number of aromatic nitrogens is 3. The fraction of sp³-hybridized carbons (Fsp3) is 0.0400. The van der Waals surface area contributed by atoms with E-state index in [4.69, 9.17) is 10.5 Å². The summed E-state index contributed by atoms with van der Waals surface area (Å²) in [5, 5.41) is 5.14. The molecule has 0 bridgehead atoms. The molecule has 0 amide bonds. The molecule has 0 aliphatic heterocycles. The van der Waals surface area contributed by atoms with Crippen molar-refractivity contribution >= 4 is 16.7 Å². The molecule has 0 radical (unpaired) electrons. The highest BCUT2D eigenvalue weighted by Gasteiger charge is 2.31. The second kappa shape index (κ2) is 8.43. The lowest BCUT2D eigenvalue weighted by Crippen LogP contribution is -2.16. The number of ether oxygens (including phenoxy) is 2. The largest absolute Gasteiger partial charge is 0.573 e. The van der Waals surface area contributed by atoms with Gasteiger partial charge in [0.2, 0.25) is 0 Å². The van der Waals surface area contributed by atoms with Gasteiger partial charge in [-0.1, -0.05) is 18.2 Å². The Morgan fingerprint density at radius 2 is 1.41 bits per heavy atom. The van der Waals surface area contributed by atoms with Crippen LogP contribution in [0, 0.1) is 0 Å². The predicted octanol–water partition coefficient (Wildman–Crippen LogP) is 6.36. The van der Waals surface area contributed by atoms with Gasteiger partial charge in [0.1, 0.15) is 22.8 Å². The Balaban J connectivity index is 1.52. The van der Waals surface area contributed by atoms with Gasteiger partial charge in [-0.2, -0.15) is 0 Å². The zero-order valence-electron chi connectivity index (χ0n) is 17.5. The second-order valence-electron chi connectivity index (χ2n) is 7.33. The van der Waals surface area contributed by atoms with E-state index in [1.165, 1.54) is 24.3 Å². The number of anilines is 1. The molecule has 170 valence electrons. The van der Waals surface area contributed by atoms with Crippen LogP contribution in [0.2, 0.25) is 0 Å². The highest BCUT2D eigenvalue weighted by Crippen LogP contribution is 2.33. The van der Waals surface area contributed by atoms with E-state index in [9.17, 15) is 13.2 Å². The number of hydrogen-bond acceptors (Lipinski definition) is 5. The summed E-state index contributed by atoms with van der Waals surface area (Å²) >= 11 is 0. The number of benzene rings is 3. The topological polar surface area (TPSA) is 75.2 Å². The number of pyridine rings is 1. The lowest BCUT2D eigenvalue weighted by atomic mass is 10.1. The standard InChI is InChI=1S/C25H17F3N4O2/c26-25(27,28)34-20-10-6-16(7-11-20)22-23-21(14-15-30-22)24(29)31-32(23)17-8-12-19(13-9-17)33-18-4-2-1-3-5-18/h1-15H,(H2,29,31). The maximum Gasteiger partial charge on any atom is 0.573 e. The second-order valence-corrected chi connectivity index (χ2v) is 7.33. The van der Waals surface area contributed by atoms with Gasteiger partial charge in [0.05, 0.1) is 11.4 Å². The van der Waals surface area contributed by atoms with Gasteiger partial charge in [-0.15, -0.1) is 18.3 Å². The Labute approximate surface area is 192 Å². The first-order valence-electron chi connectivity index (χ1n) is 10.2. The number of nitrogens with zero attached hydrogens (tertiary/aromatic N) is 3. The monoisotopic (exact) mass is 462 g/mol. The highest BCUT2D eigenvalue weighted by atomic mass is 19.4. The summed E-state index contributed by atoms with van der Waals surface area (Å²) in [5.41, 5.74) is 8.61. The number of rotatable bonds is 5. The Hall–Kier alpha value is -4.53. The molecule has 0 spiro atoms. The molecule has 6 nitrogen and oxygen atoms in total. The molecule has 5 aromatic rings. The normalized spacial score (nSPS) is 11.5. The molecular weight excluding hydrogens is 445 g/mol. The summed E-state index contributed by atoms with van der Waals surface area (Å²) in [6.07, 6.45) is -3.18. The Morgan fingerprint density at radius 1 is 0.765 bits per heavy atom. The maximum absolute atomic E-state index is 12.5. The summed E-state index contributed by atoms with van der Waals surface area (Å²) in [7, 11) is 0. The van der Waals surface area contributed by atoms with Crippen molar-refractivity contribution in [1.82, 2.24) is 14.8 Å². The molecule has 5 rings (SSSR count). The number of hydrogen-bond donors (Lipinski definition) is 1. The molecule has 34 heavy (non-hydrogen) atoms. The molecule has 0 atom stereocenters. The van der Waals surface area contributed by atoms with Gasteiger partial charge in [-0.3, -0.25) is 4.98 Å². The van der Waals surface area contributed by atoms with Crippen molar-refractivity contribution in [3.63, 3.8) is 0 Å². The van der Waals surface area contributed by atoms with E-state index in [0.717, 1.165) is 0 Å². The van der Waals surface area contributed by atoms with Crippen LogP contribution in [0.25, 0.3) is 27.8 Å². The summed E-state index contributed by atoms with van der Waals surface area (Å²) < 4.78 is 48.9. The zero-order valence-corrected chi connectivity index (χ0v) is 17.5. The minimum atomic E-state index is -4.76. The van der Waals surface area contributed by atoms with Crippen LogP contribution in [0.5, 0.6) is 17.2 Å². The average molecular weight is 462 g/mol. The molecular formula is C25H17F3N4O2. The molecule has 0 aliphatic carbocycles. The van der Waals surface area contributed by atoms with E-state index >= 15 is 0 Å². The van der Waals surface area contributed by atoms with Crippen LogP contribution < -0.4 is 15.2 Å².